The van der Waals surface area contributed by atoms with Gasteiger partial charge in [-0.1, -0.05) is 0 Å². The summed E-state index contributed by atoms with van der Waals surface area (Å²) in [4.78, 5) is 11.8. The molecular weight excluding hydrogens is 288 g/mol. The van der Waals surface area contributed by atoms with E-state index in [4.69, 9.17) is 9.88 Å². The van der Waals surface area contributed by atoms with Crippen LogP contribution in [0.5, 0.6) is 0 Å². The summed E-state index contributed by atoms with van der Waals surface area (Å²) in [5.74, 6) is 0.0470. The van der Waals surface area contributed by atoms with E-state index < -0.39 is 10.0 Å². The van der Waals surface area contributed by atoms with Crippen molar-refractivity contribution >= 4 is 27.3 Å². The molecule has 0 aliphatic carbocycles. The molecule has 8 heteroatoms. The molecular formula is C11H16N2O4S2. The molecule has 106 valence electrons. The van der Waals surface area contributed by atoms with Crippen LogP contribution in [-0.2, 0) is 14.8 Å². The van der Waals surface area contributed by atoms with Gasteiger partial charge < -0.3 is 10.1 Å². The number of sulfonamides is 1. The second-order valence-electron chi connectivity index (χ2n) is 4.49. The van der Waals surface area contributed by atoms with Crippen LogP contribution in [0, 0.1) is 5.92 Å². The van der Waals surface area contributed by atoms with Gasteiger partial charge in [0.1, 0.15) is 4.21 Å². The van der Waals surface area contributed by atoms with Crippen molar-refractivity contribution in [3.8, 4) is 0 Å². The summed E-state index contributed by atoms with van der Waals surface area (Å²) in [6, 6.07) is 1.30. The predicted octanol–water partition coefficient (Wildman–Crippen LogP) is 0.552. The number of rotatable bonds is 4. The third-order valence-electron chi connectivity index (χ3n) is 2.92. The van der Waals surface area contributed by atoms with E-state index in [-0.39, 0.29) is 10.1 Å². The van der Waals surface area contributed by atoms with Crippen LogP contribution in [0.2, 0.25) is 0 Å². The zero-order chi connectivity index (χ0) is 13.9. The maximum Gasteiger partial charge on any atom is 0.252 e. The van der Waals surface area contributed by atoms with Crippen LogP contribution in [0.15, 0.2) is 15.7 Å². The highest BCUT2D eigenvalue weighted by molar-refractivity contribution is 7.91. The lowest BCUT2D eigenvalue weighted by atomic mass is 10.0. The van der Waals surface area contributed by atoms with Crippen LogP contribution in [0.3, 0.4) is 0 Å². The van der Waals surface area contributed by atoms with E-state index in [1.807, 2.05) is 0 Å². The molecule has 0 saturated carbocycles. The Labute approximate surface area is 116 Å². The zero-order valence-electron chi connectivity index (χ0n) is 10.3. The minimum absolute atomic E-state index is 0.00125. The lowest BCUT2D eigenvalue weighted by molar-refractivity contribution is 0.0536. The number of primary sulfonamides is 1. The fraction of sp³-hybridized carbons (Fsp3) is 0.545. The minimum atomic E-state index is -3.73. The Morgan fingerprint density at radius 2 is 2.37 bits per heavy atom. The molecule has 1 amide bonds. The van der Waals surface area contributed by atoms with Gasteiger partial charge in [-0.2, -0.15) is 0 Å². The van der Waals surface area contributed by atoms with E-state index in [2.05, 4.69) is 5.32 Å². The van der Waals surface area contributed by atoms with E-state index in [1.54, 1.807) is 0 Å². The number of amides is 1. The molecule has 2 heterocycles. The lowest BCUT2D eigenvalue weighted by Gasteiger charge is -2.22. The molecule has 1 unspecified atom stereocenters. The standard InChI is InChI=1S/C11H16N2O4S2/c12-19(15,16)10-4-9(7-18-10)11(14)13-5-8-2-1-3-17-6-8/h4,7-8H,1-3,5-6H2,(H,13,14)(H2,12,15,16). The molecule has 2 rings (SSSR count). The van der Waals surface area contributed by atoms with E-state index in [0.29, 0.717) is 24.6 Å². The van der Waals surface area contributed by atoms with Gasteiger partial charge in [0.2, 0.25) is 10.0 Å². The van der Waals surface area contributed by atoms with Crippen molar-refractivity contribution in [3.05, 3.63) is 17.0 Å². The van der Waals surface area contributed by atoms with Crippen LogP contribution in [0.1, 0.15) is 23.2 Å². The molecule has 1 aromatic rings. The molecule has 0 spiro atoms. The normalized spacial score (nSPS) is 20.2. The van der Waals surface area contributed by atoms with Crippen LogP contribution in [0.25, 0.3) is 0 Å². The molecule has 1 atom stereocenters. The Kier molecular flexibility index (Phi) is 4.56. The van der Waals surface area contributed by atoms with Gasteiger partial charge in [-0.25, -0.2) is 13.6 Å². The summed E-state index contributed by atoms with van der Waals surface area (Å²) >= 11 is 0.948. The predicted molar refractivity (Wildman–Crippen MR) is 71.6 cm³/mol. The van der Waals surface area contributed by atoms with Gasteiger partial charge in [0.05, 0.1) is 12.2 Å². The fourth-order valence-corrected chi connectivity index (χ4v) is 3.48. The van der Waals surface area contributed by atoms with Gasteiger partial charge in [-0.15, -0.1) is 11.3 Å². The quantitative estimate of drug-likeness (QED) is 0.848. The average Bonchev–Trinajstić information content (AvgIpc) is 2.87. The number of thiophene rings is 1. The van der Waals surface area contributed by atoms with Crippen molar-refractivity contribution < 1.29 is 17.9 Å². The molecule has 1 fully saturated rings. The first-order valence-corrected chi connectivity index (χ1v) is 8.36. The minimum Gasteiger partial charge on any atom is -0.381 e. The van der Waals surface area contributed by atoms with Crippen LogP contribution in [-0.4, -0.2) is 34.1 Å². The first-order valence-electron chi connectivity index (χ1n) is 5.94. The second-order valence-corrected chi connectivity index (χ2v) is 7.19. The Bertz CT molecular complexity index is 547. The van der Waals surface area contributed by atoms with Crippen LogP contribution >= 0.6 is 11.3 Å². The Balaban J connectivity index is 1.91. The van der Waals surface area contributed by atoms with Gasteiger partial charge in [0.25, 0.3) is 5.91 Å². The lowest BCUT2D eigenvalue weighted by Crippen LogP contribution is -2.33. The number of hydrogen-bond donors (Lipinski definition) is 2. The number of carbonyl (C=O) groups excluding carboxylic acids is 1. The largest absolute Gasteiger partial charge is 0.381 e. The Morgan fingerprint density at radius 3 is 2.95 bits per heavy atom. The summed E-state index contributed by atoms with van der Waals surface area (Å²) in [6.07, 6.45) is 2.04. The smallest absolute Gasteiger partial charge is 0.252 e. The highest BCUT2D eigenvalue weighted by atomic mass is 32.2. The van der Waals surface area contributed by atoms with Gasteiger partial charge in [0.15, 0.2) is 0 Å². The van der Waals surface area contributed by atoms with Crippen molar-refractivity contribution in [1.82, 2.24) is 5.32 Å². The van der Waals surface area contributed by atoms with Crippen molar-refractivity contribution in [2.24, 2.45) is 11.1 Å². The fourth-order valence-electron chi connectivity index (χ4n) is 1.89. The van der Waals surface area contributed by atoms with Crippen LogP contribution < -0.4 is 10.5 Å². The number of ether oxygens (including phenoxy) is 1. The molecule has 1 aliphatic rings. The van der Waals surface area contributed by atoms with Gasteiger partial charge in [-0.3, -0.25) is 4.79 Å². The van der Waals surface area contributed by atoms with Gasteiger partial charge in [-0.05, 0) is 24.8 Å². The molecule has 1 aliphatic heterocycles. The molecule has 1 saturated heterocycles. The molecule has 19 heavy (non-hydrogen) atoms. The molecule has 3 N–H and O–H groups in total. The van der Waals surface area contributed by atoms with Crippen molar-refractivity contribution in [1.29, 1.82) is 0 Å². The summed E-state index contributed by atoms with van der Waals surface area (Å²) < 4.78 is 27.6. The topological polar surface area (TPSA) is 98.5 Å². The van der Waals surface area contributed by atoms with Crippen LogP contribution in [0.4, 0.5) is 0 Å². The average molecular weight is 304 g/mol. The summed E-state index contributed by atoms with van der Waals surface area (Å²) in [5.41, 5.74) is 0.325. The number of hydrogen-bond acceptors (Lipinski definition) is 5. The highest BCUT2D eigenvalue weighted by Gasteiger charge is 2.18. The number of nitrogens with one attached hydrogen (secondary N) is 1. The Hall–Kier alpha value is -0.960. The SMILES string of the molecule is NS(=O)(=O)c1cc(C(=O)NCC2CCCOC2)cs1. The third-order valence-corrected chi connectivity index (χ3v) is 5.31. The summed E-state index contributed by atoms with van der Waals surface area (Å²) in [7, 11) is -3.73. The van der Waals surface area contributed by atoms with Gasteiger partial charge >= 0.3 is 0 Å². The monoisotopic (exact) mass is 304 g/mol. The van der Waals surface area contributed by atoms with Gasteiger partial charge in [0, 0.05) is 18.5 Å². The molecule has 0 radical (unpaired) electrons. The molecule has 1 aromatic heterocycles. The van der Waals surface area contributed by atoms with Crippen molar-refractivity contribution in [2.45, 2.75) is 17.1 Å². The third kappa shape index (κ3) is 4.00. The molecule has 0 bridgehead atoms. The van der Waals surface area contributed by atoms with E-state index in [9.17, 15) is 13.2 Å². The first-order chi connectivity index (χ1) is 8.97. The zero-order valence-corrected chi connectivity index (χ0v) is 11.9. The van der Waals surface area contributed by atoms with E-state index in [1.165, 1.54) is 11.4 Å². The summed E-state index contributed by atoms with van der Waals surface area (Å²) in [6.45, 7) is 1.98. The molecule has 6 nitrogen and oxygen atoms in total. The number of carbonyl (C=O) groups is 1. The number of nitrogens with two attached hydrogens (primary N) is 1. The van der Waals surface area contributed by atoms with E-state index >= 15 is 0 Å². The molecule has 0 aromatic carbocycles. The van der Waals surface area contributed by atoms with Crippen molar-refractivity contribution in [2.75, 3.05) is 19.8 Å². The Morgan fingerprint density at radius 1 is 1.58 bits per heavy atom. The highest BCUT2D eigenvalue weighted by Crippen LogP contribution is 2.19. The first kappa shape index (κ1) is 14.4. The van der Waals surface area contributed by atoms with E-state index in [0.717, 1.165) is 30.8 Å². The second kappa shape index (κ2) is 6.00. The maximum atomic E-state index is 11.8. The maximum absolute atomic E-state index is 11.8. The van der Waals surface area contributed by atoms with Crippen molar-refractivity contribution in [3.63, 3.8) is 0 Å². The summed E-state index contributed by atoms with van der Waals surface area (Å²) in [5, 5.41) is 9.27.